The van der Waals surface area contributed by atoms with E-state index in [4.69, 9.17) is 10.5 Å². The Hall–Kier alpha value is -2.40. The van der Waals surface area contributed by atoms with Crippen LogP contribution < -0.4 is 10.5 Å². The predicted molar refractivity (Wildman–Crippen MR) is 103 cm³/mol. The number of aromatic nitrogens is 1. The molecule has 4 nitrogen and oxygen atoms in total. The topological polar surface area (TPSA) is 57.2 Å². The van der Waals surface area contributed by atoms with Crippen LogP contribution in [0.3, 0.4) is 0 Å². The Kier molecular flexibility index (Phi) is 5.04. The molecule has 2 aromatic carbocycles. The lowest BCUT2D eigenvalue weighted by Crippen LogP contribution is -2.16. The van der Waals surface area contributed by atoms with Gasteiger partial charge in [0, 0.05) is 28.1 Å². The van der Waals surface area contributed by atoms with Crippen LogP contribution in [0.4, 0.5) is 0 Å². The van der Waals surface area contributed by atoms with Gasteiger partial charge in [0.25, 0.3) is 5.91 Å². The lowest BCUT2D eigenvalue weighted by molar-refractivity contribution is 0.0990. The van der Waals surface area contributed by atoms with Crippen molar-refractivity contribution in [1.29, 1.82) is 0 Å². The summed E-state index contributed by atoms with van der Waals surface area (Å²) in [7, 11) is 1.87. The molecule has 3 aromatic rings. The van der Waals surface area contributed by atoms with Gasteiger partial charge in [-0.1, -0.05) is 44.2 Å². The number of carbonyl (C=O) groups excluding carboxylic acids is 1. The van der Waals surface area contributed by atoms with Gasteiger partial charge in [-0.2, -0.15) is 0 Å². The Morgan fingerprint density at radius 3 is 2.56 bits per heavy atom. The summed E-state index contributed by atoms with van der Waals surface area (Å²) >= 11 is 1.65. The van der Waals surface area contributed by atoms with Gasteiger partial charge >= 0.3 is 0 Å². The number of hydrogen-bond donors (Lipinski definition) is 1. The van der Waals surface area contributed by atoms with Crippen molar-refractivity contribution in [3.8, 4) is 5.75 Å². The van der Waals surface area contributed by atoms with E-state index in [0.29, 0.717) is 17.6 Å². The maximum absolute atomic E-state index is 11.9. The molecule has 25 heavy (non-hydrogen) atoms. The van der Waals surface area contributed by atoms with Crippen molar-refractivity contribution in [2.24, 2.45) is 12.8 Å². The predicted octanol–water partition coefficient (Wildman–Crippen LogP) is 4.36. The van der Waals surface area contributed by atoms with Crippen LogP contribution in [0.1, 0.15) is 29.9 Å². The van der Waals surface area contributed by atoms with Crippen LogP contribution in [-0.4, -0.2) is 15.7 Å². The van der Waals surface area contributed by atoms with Crippen molar-refractivity contribution in [3.63, 3.8) is 0 Å². The van der Waals surface area contributed by atoms with Crippen LogP contribution in [-0.2, 0) is 13.7 Å². The molecule has 0 spiro atoms. The zero-order valence-electron chi connectivity index (χ0n) is 14.7. The number of aryl methyl sites for hydroxylation is 1. The van der Waals surface area contributed by atoms with E-state index in [0.717, 1.165) is 27.1 Å². The molecule has 0 saturated carbocycles. The van der Waals surface area contributed by atoms with Gasteiger partial charge in [-0.3, -0.25) is 4.79 Å². The van der Waals surface area contributed by atoms with Crippen molar-refractivity contribution in [1.82, 2.24) is 4.57 Å². The van der Waals surface area contributed by atoms with Crippen LogP contribution in [0.15, 0.2) is 53.4 Å². The van der Waals surface area contributed by atoms with E-state index in [2.05, 4.69) is 13.8 Å². The third kappa shape index (κ3) is 3.66. The van der Waals surface area contributed by atoms with Gasteiger partial charge in [0.1, 0.15) is 18.1 Å². The molecule has 0 unspecified atom stereocenters. The highest BCUT2D eigenvalue weighted by Crippen LogP contribution is 2.37. The van der Waals surface area contributed by atoms with Crippen molar-refractivity contribution in [2.75, 3.05) is 0 Å². The van der Waals surface area contributed by atoms with Gasteiger partial charge in [-0.05, 0) is 23.8 Å². The summed E-state index contributed by atoms with van der Waals surface area (Å²) < 4.78 is 7.80. The fourth-order valence-electron chi connectivity index (χ4n) is 2.85. The van der Waals surface area contributed by atoms with Gasteiger partial charge in [-0.25, -0.2) is 0 Å². The number of primary amides is 1. The first-order valence-electron chi connectivity index (χ1n) is 8.23. The highest BCUT2D eigenvalue weighted by Gasteiger charge is 2.21. The molecule has 1 amide bonds. The minimum absolute atomic E-state index is 0.345. The van der Waals surface area contributed by atoms with Gasteiger partial charge in [0.15, 0.2) is 0 Å². The van der Waals surface area contributed by atoms with Gasteiger partial charge in [0.2, 0.25) is 0 Å². The molecule has 2 N–H and O–H groups in total. The van der Waals surface area contributed by atoms with E-state index in [1.165, 1.54) is 0 Å². The number of thioether (sulfide) groups is 1. The van der Waals surface area contributed by atoms with Crippen molar-refractivity contribution >= 4 is 28.6 Å². The lowest BCUT2D eigenvalue weighted by atomic mass is 10.2. The van der Waals surface area contributed by atoms with E-state index in [-0.39, 0.29) is 0 Å². The second-order valence-corrected chi connectivity index (χ2v) is 7.81. The summed E-state index contributed by atoms with van der Waals surface area (Å²) in [6.45, 7) is 4.71. The van der Waals surface area contributed by atoms with Crippen LogP contribution in [0.25, 0.3) is 10.9 Å². The maximum atomic E-state index is 11.9. The Balaban J connectivity index is 1.99. The minimum atomic E-state index is -0.409. The zero-order chi connectivity index (χ0) is 18.0. The molecule has 1 heterocycles. The minimum Gasteiger partial charge on any atom is -0.489 e. The number of benzene rings is 2. The van der Waals surface area contributed by atoms with Crippen LogP contribution in [0.2, 0.25) is 0 Å². The highest BCUT2D eigenvalue weighted by atomic mass is 32.2. The summed E-state index contributed by atoms with van der Waals surface area (Å²) in [5.41, 5.74) is 8.27. The Morgan fingerprint density at radius 1 is 1.20 bits per heavy atom. The maximum Gasteiger partial charge on any atom is 0.266 e. The first-order valence-corrected chi connectivity index (χ1v) is 9.11. The number of fused-ring (bicyclic) bond motifs is 1. The molecule has 5 heteroatoms. The van der Waals surface area contributed by atoms with Gasteiger partial charge in [-0.15, -0.1) is 11.8 Å². The molecular weight excluding hydrogens is 332 g/mol. The first-order chi connectivity index (χ1) is 12.0. The van der Waals surface area contributed by atoms with Crippen LogP contribution in [0.5, 0.6) is 5.75 Å². The standard InChI is InChI=1S/C20H22N2O2S/c1-13(2)25-19-16-11-15(24-12-14-7-5-4-6-8-14)9-10-17(16)22(3)18(19)20(21)23/h4-11,13H,12H2,1-3H3,(H2,21,23). The third-order valence-corrected chi connectivity index (χ3v) is 5.08. The molecule has 0 aliphatic rings. The van der Waals surface area contributed by atoms with Crippen molar-refractivity contribution in [3.05, 3.63) is 59.8 Å². The van der Waals surface area contributed by atoms with Crippen LogP contribution in [0, 0.1) is 0 Å². The first kappa shape index (κ1) is 17.4. The summed E-state index contributed by atoms with van der Waals surface area (Å²) in [5.74, 6) is 0.372. The summed E-state index contributed by atoms with van der Waals surface area (Å²) in [6.07, 6.45) is 0. The monoisotopic (exact) mass is 354 g/mol. The highest BCUT2D eigenvalue weighted by molar-refractivity contribution is 8.00. The molecule has 0 fully saturated rings. The second kappa shape index (κ2) is 7.23. The number of amides is 1. The van der Waals surface area contributed by atoms with Crippen LogP contribution >= 0.6 is 11.8 Å². The van der Waals surface area contributed by atoms with E-state index < -0.39 is 5.91 Å². The largest absolute Gasteiger partial charge is 0.489 e. The van der Waals surface area contributed by atoms with Gasteiger partial charge < -0.3 is 15.0 Å². The van der Waals surface area contributed by atoms with Crippen molar-refractivity contribution < 1.29 is 9.53 Å². The van der Waals surface area contributed by atoms with Gasteiger partial charge in [0.05, 0.1) is 0 Å². The Bertz CT molecular complexity index is 901. The molecule has 0 bridgehead atoms. The average molecular weight is 354 g/mol. The van der Waals surface area contributed by atoms with E-state index in [9.17, 15) is 4.79 Å². The number of rotatable bonds is 6. The average Bonchev–Trinajstić information content (AvgIpc) is 2.85. The summed E-state index contributed by atoms with van der Waals surface area (Å²) in [4.78, 5) is 12.9. The molecule has 0 aliphatic carbocycles. The van der Waals surface area contributed by atoms with E-state index >= 15 is 0 Å². The fourth-order valence-corrected chi connectivity index (χ4v) is 3.96. The molecule has 130 valence electrons. The molecular formula is C20H22N2O2S. The van der Waals surface area contributed by atoms with E-state index in [1.807, 2.05) is 60.1 Å². The molecule has 0 aliphatic heterocycles. The number of nitrogens with two attached hydrogens (primary N) is 1. The Labute approximate surface area is 152 Å². The number of ether oxygens (including phenoxy) is 1. The number of hydrogen-bond acceptors (Lipinski definition) is 3. The summed E-state index contributed by atoms with van der Waals surface area (Å²) in [5, 5.41) is 1.35. The smallest absolute Gasteiger partial charge is 0.266 e. The molecule has 0 radical (unpaired) electrons. The lowest BCUT2D eigenvalue weighted by Gasteiger charge is -2.08. The second-order valence-electron chi connectivity index (χ2n) is 6.22. The molecule has 0 atom stereocenters. The summed E-state index contributed by atoms with van der Waals surface area (Å²) in [6, 6.07) is 16.0. The SMILES string of the molecule is CC(C)Sc1c(C(N)=O)n(C)c2ccc(OCc3ccccc3)cc12. The normalized spacial score (nSPS) is 11.2. The third-order valence-electron chi connectivity index (χ3n) is 3.96. The molecule has 3 rings (SSSR count). The molecule has 0 saturated heterocycles. The number of carbonyl (C=O) groups is 1. The quantitative estimate of drug-likeness (QED) is 0.669. The molecule has 1 aromatic heterocycles. The Morgan fingerprint density at radius 2 is 1.92 bits per heavy atom. The zero-order valence-corrected chi connectivity index (χ0v) is 15.5. The van der Waals surface area contributed by atoms with Crippen molar-refractivity contribution in [2.45, 2.75) is 30.6 Å². The fraction of sp³-hybridized carbons (Fsp3) is 0.250. The number of nitrogens with zero attached hydrogens (tertiary/aromatic N) is 1. The van der Waals surface area contributed by atoms with E-state index in [1.54, 1.807) is 11.8 Å².